The topological polar surface area (TPSA) is 112 Å². The summed E-state index contributed by atoms with van der Waals surface area (Å²) in [6.45, 7) is 0.141. The molecule has 0 saturated heterocycles. The highest BCUT2D eigenvalue weighted by molar-refractivity contribution is 7.98. The van der Waals surface area contributed by atoms with E-state index in [-0.39, 0.29) is 42.7 Å². The molecule has 0 amide bonds. The molecule has 0 unspecified atom stereocenters. The number of halogens is 4. The second kappa shape index (κ2) is 13.1. The van der Waals surface area contributed by atoms with Gasteiger partial charge in [-0.15, -0.1) is 0 Å². The van der Waals surface area contributed by atoms with Crippen LogP contribution in [-0.2, 0) is 37.9 Å². The Morgan fingerprint density at radius 3 is 2.14 bits per heavy atom. The second-order valence-corrected chi connectivity index (χ2v) is 11.4. The number of nitrogens with two attached hydrogens (primary N) is 1. The van der Waals surface area contributed by atoms with Crippen LogP contribution < -0.4 is 11.3 Å². The molecule has 0 fully saturated rings. The highest BCUT2D eigenvalue weighted by Crippen LogP contribution is 2.31. The number of alkyl halides is 3. The summed E-state index contributed by atoms with van der Waals surface area (Å²) in [6, 6.07) is 18.2. The molecule has 0 saturated carbocycles. The molecule has 44 heavy (non-hydrogen) atoms. The number of rotatable bonds is 9. The van der Waals surface area contributed by atoms with Gasteiger partial charge in [0.15, 0.2) is 5.16 Å². The van der Waals surface area contributed by atoms with Gasteiger partial charge in [0.25, 0.3) is 5.56 Å². The summed E-state index contributed by atoms with van der Waals surface area (Å²) in [5, 5.41) is 18.0. The molecule has 4 N–H and O–H groups in total. The van der Waals surface area contributed by atoms with Crippen LogP contribution in [0.3, 0.4) is 0 Å². The molecule has 1 aliphatic rings. The van der Waals surface area contributed by atoms with Crippen molar-refractivity contribution in [3.05, 3.63) is 117 Å². The Morgan fingerprint density at radius 1 is 0.909 bits per heavy atom. The van der Waals surface area contributed by atoms with E-state index < -0.39 is 11.7 Å². The van der Waals surface area contributed by atoms with E-state index in [1.165, 1.54) is 40.9 Å². The maximum Gasteiger partial charge on any atom is 0.416 e. The number of thioether (sulfide) groups is 1. The number of benzene rings is 3. The molecule has 0 spiro atoms. The van der Waals surface area contributed by atoms with E-state index in [2.05, 4.69) is 4.98 Å². The van der Waals surface area contributed by atoms with Crippen LogP contribution in [0, 0.1) is 16.6 Å². The van der Waals surface area contributed by atoms with Crippen LogP contribution in [0.4, 0.5) is 17.6 Å². The zero-order valence-corrected chi connectivity index (χ0v) is 24.4. The average molecular weight is 623 g/mol. The molecule has 228 valence electrons. The van der Waals surface area contributed by atoms with E-state index in [4.69, 9.17) is 16.6 Å². The third-order valence-corrected chi connectivity index (χ3v) is 8.52. The highest BCUT2D eigenvalue weighted by atomic mass is 32.2. The predicted octanol–water partition coefficient (Wildman–Crippen LogP) is 6.26. The fraction of sp³-hybridized carbons (Fsp3) is 0.250. The molecule has 1 heterocycles. The molecule has 4 aromatic rings. The Morgan fingerprint density at radius 2 is 1.52 bits per heavy atom. The lowest BCUT2D eigenvalue weighted by Gasteiger charge is -2.27. The zero-order valence-electron chi connectivity index (χ0n) is 23.6. The standard InChI is InChI=1S/C32H30F4N6OS/c33-25-14-6-21(7-15-25)19-44-31-40-30(43)26-2-1-3-27(26)41(31)18-29(39)42(28(38)16-37)17-20-4-8-22(9-5-20)23-10-12-24(13-11-23)32(34,35)36/h4-15,38-39H,1-3,16-19,37H2. The number of aromatic nitrogens is 2. The van der Waals surface area contributed by atoms with Crippen LogP contribution in [0.1, 0.15) is 34.4 Å². The van der Waals surface area contributed by atoms with Gasteiger partial charge in [-0.1, -0.05) is 60.3 Å². The minimum atomic E-state index is -4.41. The molecular formula is C32H30F4N6OS. The third-order valence-electron chi connectivity index (χ3n) is 7.48. The van der Waals surface area contributed by atoms with Crippen molar-refractivity contribution in [1.29, 1.82) is 10.8 Å². The van der Waals surface area contributed by atoms with Crippen LogP contribution in [-0.4, -0.2) is 32.7 Å². The fourth-order valence-corrected chi connectivity index (χ4v) is 6.09. The van der Waals surface area contributed by atoms with Gasteiger partial charge in [-0.05, 0) is 65.8 Å². The maximum absolute atomic E-state index is 13.4. The quantitative estimate of drug-likeness (QED) is 0.0671. The van der Waals surface area contributed by atoms with Gasteiger partial charge in [-0.25, -0.2) is 4.39 Å². The van der Waals surface area contributed by atoms with Crippen molar-refractivity contribution in [2.75, 3.05) is 6.54 Å². The van der Waals surface area contributed by atoms with Gasteiger partial charge in [0.2, 0.25) is 0 Å². The van der Waals surface area contributed by atoms with Crippen LogP contribution >= 0.6 is 11.8 Å². The summed E-state index contributed by atoms with van der Waals surface area (Å²) in [4.78, 5) is 18.6. The molecule has 0 aliphatic heterocycles. The number of fused-ring (bicyclic) bond motifs is 1. The second-order valence-electron chi connectivity index (χ2n) is 10.4. The van der Waals surface area contributed by atoms with Crippen LogP contribution in [0.2, 0.25) is 0 Å². The SMILES string of the molecule is N=C(CN)N(Cc1ccc(-c2ccc(C(F)(F)F)cc2)cc1)C(=N)Cn1c(SCc2ccc(F)cc2)nc(=O)c2c1CCC2. The first-order chi connectivity index (χ1) is 21.0. The lowest BCUT2D eigenvalue weighted by Crippen LogP contribution is -2.41. The summed E-state index contributed by atoms with van der Waals surface area (Å²) in [5.41, 5.74) is 9.31. The Balaban J connectivity index is 1.36. The summed E-state index contributed by atoms with van der Waals surface area (Å²) < 4.78 is 54.1. The summed E-state index contributed by atoms with van der Waals surface area (Å²) in [6.07, 6.45) is -2.31. The Bertz CT molecular complexity index is 1720. The minimum absolute atomic E-state index is 0.0352. The van der Waals surface area contributed by atoms with Crippen molar-refractivity contribution >= 4 is 23.4 Å². The van der Waals surface area contributed by atoms with E-state index in [9.17, 15) is 22.4 Å². The van der Waals surface area contributed by atoms with Gasteiger partial charge in [0.1, 0.15) is 17.5 Å². The van der Waals surface area contributed by atoms with E-state index >= 15 is 0 Å². The molecule has 12 heteroatoms. The van der Waals surface area contributed by atoms with E-state index in [0.29, 0.717) is 34.9 Å². The Kier molecular flexibility index (Phi) is 9.31. The highest BCUT2D eigenvalue weighted by Gasteiger charge is 2.30. The molecule has 1 aliphatic carbocycles. The summed E-state index contributed by atoms with van der Waals surface area (Å²) in [7, 11) is 0. The molecule has 1 aromatic heterocycles. The molecule has 0 radical (unpaired) electrons. The predicted molar refractivity (Wildman–Crippen MR) is 163 cm³/mol. The summed E-state index contributed by atoms with van der Waals surface area (Å²) >= 11 is 1.33. The third kappa shape index (κ3) is 7.08. The van der Waals surface area contributed by atoms with Crippen molar-refractivity contribution in [3.63, 3.8) is 0 Å². The van der Waals surface area contributed by atoms with Gasteiger partial charge in [-0.3, -0.25) is 15.6 Å². The zero-order chi connectivity index (χ0) is 31.4. The number of hydrogen-bond acceptors (Lipinski definition) is 6. The van der Waals surface area contributed by atoms with Gasteiger partial charge in [-0.2, -0.15) is 18.2 Å². The van der Waals surface area contributed by atoms with Crippen LogP contribution in [0.5, 0.6) is 0 Å². The van der Waals surface area contributed by atoms with Gasteiger partial charge >= 0.3 is 6.18 Å². The van der Waals surface area contributed by atoms with Crippen molar-refractivity contribution in [2.24, 2.45) is 5.73 Å². The maximum atomic E-state index is 13.4. The van der Waals surface area contributed by atoms with Crippen LogP contribution in [0.15, 0.2) is 82.7 Å². The lowest BCUT2D eigenvalue weighted by molar-refractivity contribution is -0.137. The van der Waals surface area contributed by atoms with E-state index in [1.807, 2.05) is 4.57 Å². The van der Waals surface area contributed by atoms with Crippen molar-refractivity contribution < 1.29 is 17.6 Å². The number of amidine groups is 2. The first-order valence-electron chi connectivity index (χ1n) is 13.9. The van der Waals surface area contributed by atoms with E-state index in [0.717, 1.165) is 40.9 Å². The normalized spacial score (nSPS) is 12.7. The number of hydrogen-bond donors (Lipinski definition) is 3. The lowest BCUT2D eigenvalue weighted by atomic mass is 10.0. The van der Waals surface area contributed by atoms with Crippen molar-refractivity contribution in [3.8, 4) is 11.1 Å². The first-order valence-corrected chi connectivity index (χ1v) is 14.9. The van der Waals surface area contributed by atoms with Gasteiger partial charge in [0.05, 0.1) is 25.2 Å². The molecule has 7 nitrogen and oxygen atoms in total. The van der Waals surface area contributed by atoms with Gasteiger partial charge < -0.3 is 15.2 Å². The average Bonchev–Trinajstić information content (AvgIpc) is 3.52. The van der Waals surface area contributed by atoms with Crippen molar-refractivity contribution in [2.45, 2.75) is 49.4 Å². The van der Waals surface area contributed by atoms with Crippen molar-refractivity contribution in [1.82, 2.24) is 14.5 Å². The number of nitrogens with zero attached hydrogens (tertiary/aromatic N) is 3. The van der Waals surface area contributed by atoms with Crippen LogP contribution in [0.25, 0.3) is 11.1 Å². The molecule has 5 rings (SSSR count). The molecule has 0 bridgehead atoms. The smallest absolute Gasteiger partial charge is 0.324 e. The largest absolute Gasteiger partial charge is 0.416 e. The Labute approximate surface area is 255 Å². The van der Waals surface area contributed by atoms with Gasteiger partial charge in [0, 0.05) is 17.0 Å². The Hall–Kier alpha value is -4.29. The van der Waals surface area contributed by atoms with E-state index in [1.54, 1.807) is 36.4 Å². The monoisotopic (exact) mass is 622 g/mol. The number of nitrogens with one attached hydrogen (secondary N) is 2. The molecular weight excluding hydrogens is 592 g/mol. The fourth-order valence-electron chi connectivity index (χ4n) is 5.12. The minimum Gasteiger partial charge on any atom is -0.324 e. The first kappa shape index (κ1) is 31.1. The molecule has 0 atom stereocenters. The molecule has 3 aromatic carbocycles. The summed E-state index contributed by atoms with van der Waals surface area (Å²) in [5.74, 6) is 0.242.